The number of hydrogen-bond acceptors (Lipinski definition) is 4. The summed E-state index contributed by atoms with van der Waals surface area (Å²) in [5, 5.41) is 14.9. The first kappa shape index (κ1) is 16.8. The third-order valence-electron chi connectivity index (χ3n) is 3.22. The first-order valence-electron chi connectivity index (χ1n) is 7.18. The van der Waals surface area contributed by atoms with Crippen LogP contribution in [0.2, 0.25) is 0 Å². The van der Waals surface area contributed by atoms with Crippen LogP contribution < -0.4 is 10.6 Å². The molecule has 0 aromatic carbocycles. The normalized spacial score (nSPS) is 18.4. The van der Waals surface area contributed by atoms with Crippen LogP contribution in [0.25, 0.3) is 0 Å². The number of aliphatic carboxylic acids is 1. The largest absolute Gasteiger partial charge is 0.481 e. The van der Waals surface area contributed by atoms with Gasteiger partial charge >= 0.3 is 12.1 Å². The van der Waals surface area contributed by atoms with Crippen molar-refractivity contribution in [1.82, 2.24) is 10.6 Å². The number of nitrogens with one attached hydrogen (secondary N) is 2. The van der Waals surface area contributed by atoms with Crippen molar-refractivity contribution in [3.05, 3.63) is 0 Å². The first-order valence-corrected chi connectivity index (χ1v) is 7.18. The molecule has 6 nitrogen and oxygen atoms in total. The van der Waals surface area contributed by atoms with Gasteiger partial charge in [0, 0.05) is 6.04 Å². The van der Waals surface area contributed by atoms with Gasteiger partial charge in [-0.25, -0.2) is 4.79 Å². The Balaban J connectivity index is 2.50. The molecule has 116 valence electrons. The molecule has 1 aliphatic rings. The molecule has 0 unspecified atom stereocenters. The van der Waals surface area contributed by atoms with Crippen LogP contribution in [0.5, 0.6) is 0 Å². The van der Waals surface area contributed by atoms with E-state index in [0.717, 1.165) is 25.9 Å². The standard InChI is InChI=1S/C14H26N2O4/c1-14(2,3)20-13(19)16-11(9-12(17)18)8-10-4-6-15-7-5-10/h10-11,15H,4-9H2,1-3H3,(H,16,19)(H,17,18)/t11-/m1/s1. The zero-order valence-corrected chi connectivity index (χ0v) is 12.6. The summed E-state index contributed by atoms with van der Waals surface area (Å²) in [6.07, 6.45) is 2.12. The maximum absolute atomic E-state index is 11.8. The molecule has 1 saturated heterocycles. The fourth-order valence-corrected chi connectivity index (χ4v) is 2.40. The van der Waals surface area contributed by atoms with Gasteiger partial charge < -0.3 is 20.5 Å². The number of amides is 1. The van der Waals surface area contributed by atoms with Crippen LogP contribution >= 0.6 is 0 Å². The molecule has 1 amide bonds. The molecule has 0 bridgehead atoms. The van der Waals surface area contributed by atoms with E-state index in [0.29, 0.717) is 12.3 Å². The highest BCUT2D eigenvalue weighted by Crippen LogP contribution is 2.19. The second-order valence-corrected chi connectivity index (χ2v) is 6.37. The molecule has 1 aliphatic heterocycles. The maximum atomic E-state index is 11.8. The number of rotatable bonds is 5. The summed E-state index contributed by atoms with van der Waals surface area (Å²) < 4.78 is 5.18. The molecule has 20 heavy (non-hydrogen) atoms. The molecule has 1 atom stereocenters. The average molecular weight is 286 g/mol. The van der Waals surface area contributed by atoms with Crippen molar-refractivity contribution in [2.24, 2.45) is 5.92 Å². The van der Waals surface area contributed by atoms with E-state index in [9.17, 15) is 9.59 Å². The predicted molar refractivity (Wildman–Crippen MR) is 75.6 cm³/mol. The fourth-order valence-electron chi connectivity index (χ4n) is 2.40. The Hall–Kier alpha value is -1.30. The lowest BCUT2D eigenvalue weighted by molar-refractivity contribution is -0.137. The highest BCUT2D eigenvalue weighted by atomic mass is 16.6. The number of ether oxygens (including phenoxy) is 1. The highest BCUT2D eigenvalue weighted by molar-refractivity contribution is 5.71. The topological polar surface area (TPSA) is 87.7 Å². The maximum Gasteiger partial charge on any atom is 0.407 e. The number of carboxylic acid groups (broad SMARTS) is 1. The Morgan fingerprint density at radius 2 is 1.95 bits per heavy atom. The predicted octanol–water partition coefficient (Wildman–Crippen LogP) is 1.74. The summed E-state index contributed by atoms with van der Waals surface area (Å²) in [5.41, 5.74) is -0.577. The number of alkyl carbamates (subject to hydrolysis) is 1. The summed E-state index contributed by atoms with van der Waals surface area (Å²) in [5.74, 6) is -0.449. The fraction of sp³-hybridized carbons (Fsp3) is 0.857. The van der Waals surface area contributed by atoms with E-state index in [1.54, 1.807) is 20.8 Å². The molecule has 1 fully saturated rings. The SMILES string of the molecule is CC(C)(C)OC(=O)N[C@@H](CC(=O)O)CC1CCNCC1. The van der Waals surface area contributed by atoms with Crippen molar-refractivity contribution in [1.29, 1.82) is 0 Å². The molecule has 0 radical (unpaired) electrons. The van der Waals surface area contributed by atoms with E-state index >= 15 is 0 Å². The Morgan fingerprint density at radius 1 is 1.35 bits per heavy atom. The monoisotopic (exact) mass is 286 g/mol. The van der Waals surface area contributed by atoms with Crippen molar-refractivity contribution in [2.75, 3.05) is 13.1 Å². The Labute approximate surface area is 120 Å². The first-order chi connectivity index (χ1) is 9.26. The van der Waals surface area contributed by atoms with Crippen LogP contribution in [0.1, 0.15) is 46.5 Å². The molecule has 1 rings (SSSR count). The van der Waals surface area contributed by atoms with Gasteiger partial charge in [0.15, 0.2) is 0 Å². The number of carbonyl (C=O) groups excluding carboxylic acids is 1. The van der Waals surface area contributed by atoms with Crippen LogP contribution in [0.15, 0.2) is 0 Å². The van der Waals surface area contributed by atoms with Crippen LogP contribution in [-0.4, -0.2) is 41.9 Å². The minimum atomic E-state index is -0.903. The molecule has 0 spiro atoms. The number of carbonyl (C=O) groups is 2. The molecule has 0 aromatic heterocycles. The summed E-state index contributed by atoms with van der Waals surface area (Å²) in [6.45, 7) is 7.26. The number of carboxylic acids is 1. The molecule has 0 saturated carbocycles. The van der Waals surface area contributed by atoms with E-state index in [1.807, 2.05) is 0 Å². The lowest BCUT2D eigenvalue weighted by Gasteiger charge is -2.28. The van der Waals surface area contributed by atoms with Crippen LogP contribution in [0.3, 0.4) is 0 Å². The van der Waals surface area contributed by atoms with Gasteiger partial charge in [-0.15, -0.1) is 0 Å². The number of hydrogen-bond donors (Lipinski definition) is 3. The van der Waals surface area contributed by atoms with Crippen molar-refractivity contribution in [3.8, 4) is 0 Å². The second-order valence-electron chi connectivity index (χ2n) is 6.37. The molecule has 1 heterocycles. The highest BCUT2D eigenvalue weighted by Gasteiger charge is 2.24. The van der Waals surface area contributed by atoms with Crippen LogP contribution in [0, 0.1) is 5.92 Å². The lowest BCUT2D eigenvalue weighted by atomic mass is 9.90. The van der Waals surface area contributed by atoms with Crippen molar-refractivity contribution in [3.63, 3.8) is 0 Å². The van der Waals surface area contributed by atoms with E-state index in [1.165, 1.54) is 0 Å². The van der Waals surface area contributed by atoms with Gasteiger partial charge in [-0.3, -0.25) is 4.79 Å². The second kappa shape index (κ2) is 7.47. The van der Waals surface area contributed by atoms with Crippen molar-refractivity contribution in [2.45, 2.75) is 58.1 Å². The Kier molecular flexibility index (Phi) is 6.26. The van der Waals surface area contributed by atoms with E-state index in [2.05, 4.69) is 10.6 Å². The molecular formula is C14H26N2O4. The Bertz CT molecular complexity index is 333. The van der Waals surface area contributed by atoms with E-state index < -0.39 is 17.7 Å². The van der Waals surface area contributed by atoms with Gasteiger partial charge in [-0.2, -0.15) is 0 Å². The smallest absolute Gasteiger partial charge is 0.407 e. The summed E-state index contributed by atoms with van der Waals surface area (Å²) in [4.78, 5) is 22.7. The zero-order valence-electron chi connectivity index (χ0n) is 12.6. The molecule has 0 aromatic rings. The molecule has 3 N–H and O–H groups in total. The van der Waals surface area contributed by atoms with E-state index in [4.69, 9.17) is 9.84 Å². The molecule has 0 aliphatic carbocycles. The van der Waals surface area contributed by atoms with Gasteiger partial charge in [-0.05, 0) is 59.0 Å². The minimum absolute atomic E-state index is 0.0663. The van der Waals surface area contributed by atoms with Crippen LogP contribution in [-0.2, 0) is 9.53 Å². The van der Waals surface area contributed by atoms with Gasteiger partial charge in [0.25, 0.3) is 0 Å². The van der Waals surface area contributed by atoms with Gasteiger partial charge in [0.2, 0.25) is 0 Å². The lowest BCUT2D eigenvalue weighted by Crippen LogP contribution is -2.42. The third kappa shape index (κ3) is 7.33. The summed E-state index contributed by atoms with van der Waals surface area (Å²) in [7, 11) is 0. The van der Waals surface area contributed by atoms with Crippen LogP contribution in [0.4, 0.5) is 4.79 Å². The molecule has 6 heteroatoms. The third-order valence-corrected chi connectivity index (χ3v) is 3.22. The molecular weight excluding hydrogens is 260 g/mol. The average Bonchev–Trinajstić information content (AvgIpc) is 2.26. The van der Waals surface area contributed by atoms with Crippen molar-refractivity contribution < 1.29 is 19.4 Å². The minimum Gasteiger partial charge on any atom is -0.481 e. The van der Waals surface area contributed by atoms with Gasteiger partial charge in [0.05, 0.1) is 6.42 Å². The summed E-state index contributed by atoms with van der Waals surface area (Å²) >= 11 is 0. The van der Waals surface area contributed by atoms with Crippen molar-refractivity contribution >= 4 is 12.1 Å². The zero-order chi connectivity index (χ0) is 15.2. The van der Waals surface area contributed by atoms with E-state index in [-0.39, 0.29) is 12.5 Å². The summed E-state index contributed by atoms with van der Waals surface area (Å²) in [6, 6.07) is -0.370. The quantitative estimate of drug-likeness (QED) is 0.716. The number of piperidine rings is 1. The van der Waals surface area contributed by atoms with Gasteiger partial charge in [-0.1, -0.05) is 0 Å². The Morgan fingerprint density at radius 3 is 2.45 bits per heavy atom. The van der Waals surface area contributed by atoms with Gasteiger partial charge in [0.1, 0.15) is 5.60 Å².